The van der Waals surface area contributed by atoms with Crippen molar-refractivity contribution in [1.29, 1.82) is 0 Å². The molecule has 0 heterocycles. The Balaban J connectivity index is 3.32. The minimum absolute atomic E-state index is 0.0355. The molecule has 0 aromatic heterocycles. The summed E-state index contributed by atoms with van der Waals surface area (Å²) in [5.41, 5.74) is 0.641. The molecule has 15 heavy (non-hydrogen) atoms. The van der Waals surface area contributed by atoms with Crippen molar-refractivity contribution in [2.75, 3.05) is 7.11 Å². The molecule has 0 bridgehead atoms. The third-order valence-electron chi connectivity index (χ3n) is 1.87. The van der Waals surface area contributed by atoms with Crippen LogP contribution < -0.4 is 4.74 Å². The summed E-state index contributed by atoms with van der Waals surface area (Å²) in [6.45, 7) is 1.48. The minimum atomic E-state index is -0.455. The Bertz CT molecular complexity index is 393. The molecular weight excluding hydrogens is 303 g/mol. The van der Waals surface area contributed by atoms with Crippen LogP contribution in [0, 0.1) is 0 Å². The summed E-state index contributed by atoms with van der Waals surface area (Å²) in [5, 5.41) is 0.868. The van der Waals surface area contributed by atoms with Crippen LogP contribution >= 0.6 is 39.1 Å². The van der Waals surface area contributed by atoms with E-state index >= 15 is 0 Å². The van der Waals surface area contributed by atoms with Gasteiger partial charge in [-0.05, 0) is 19.1 Å². The first kappa shape index (κ1) is 12.8. The number of ketones is 1. The van der Waals surface area contributed by atoms with Crippen molar-refractivity contribution in [2.24, 2.45) is 0 Å². The molecule has 0 saturated heterocycles. The van der Waals surface area contributed by atoms with Crippen molar-refractivity contribution in [3.05, 3.63) is 27.7 Å². The summed E-state index contributed by atoms with van der Waals surface area (Å²) in [7, 11) is 1.50. The highest BCUT2D eigenvalue weighted by Crippen LogP contribution is 2.39. The van der Waals surface area contributed by atoms with E-state index in [1.807, 2.05) is 0 Å². The second-order valence-corrected chi connectivity index (χ2v) is 4.74. The van der Waals surface area contributed by atoms with E-state index in [1.165, 1.54) is 14.0 Å². The Hall–Kier alpha value is -0.250. The molecular formula is C10H9BrCl2O2. The largest absolute Gasteiger partial charge is 0.495 e. The number of methoxy groups -OCH3 is 1. The first-order valence-electron chi connectivity index (χ1n) is 4.14. The number of benzene rings is 1. The third kappa shape index (κ3) is 2.86. The van der Waals surface area contributed by atoms with Gasteiger partial charge in [-0.25, -0.2) is 0 Å². The van der Waals surface area contributed by atoms with Crippen molar-refractivity contribution < 1.29 is 9.53 Å². The van der Waals surface area contributed by atoms with Crippen LogP contribution in [0.5, 0.6) is 5.75 Å². The SMILES string of the molecule is COc1c(Cl)cc(Cl)cc1C(Br)C(C)=O. The summed E-state index contributed by atoms with van der Waals surface area (Å²) in [4.78, 5) is 10.8. The lowest BCUT2D eigenvalue weighted by atomic mass is 10.1. The van der Waals surface area contributed by atoms with Crippen molar-refractivity contribution in [2.45, 2.75) is 11.8 Å². The Labute approximate surface area is 107 Å². The predicted molar refractivity (Wildman–Crippen MR) is 65.4 cm³/mol. The van der Waals surface area contributed by atoms with Gasteiger partial charge >= 0.3 is 0 Å². The molecule has 0 amide bonds. The van der Waals surface area contributed by atoms with Gasteiger partial charge in [0.15, 0.2) is 0 Å². The number of rotatable bonds is 3. The Morgan fingerprint density at radius 1 is 1.47 bits per heavy atom. The molecule has 5 heteroatoms. The number of carbonyl (C=O) groups excluding carboxylic acids is 1. The van der Waals surface area contributed by atoms with Gasteiger partial charge in [0.2, 0.25) is 0 Å². The number of ether oxygens (including phenoxy) is 1. The predicted octanol–water partition coefficient (Wildman–Crippen LogP) is 4.03. The smallest absolute Gasteiger partial charge is 0.147 e. The first-order valence-corrected chi connectivity index (χ1v) is 5.82. The van der Waals surface area contributed by atoms with Crippen molar-refractivity contribution in [3.63, 3.8) is 0 Å². The number of hydrogen-bond acceptors (Lipinski definition) is 2. The highest BCUT2D eigenvalue weighted by Gasteiger charge is 2.20. The third-order valence-corrected chi connectivity index (χ3v) is 3.51. The van der Waals surface area contributed by atoms with Gasteiger partial charge in [0, 0.05) is 10.6 Å². The summed E-state index contributed by atoms with van der Waals surface area (Å²) < 4.78 is 5.13. The quantitative estimate of drug-likeness (QED) is 0.788. The maximum absolute atomic E-state index is 11.2. The molecule has 0 aliphatic heterocycles. The molecule has 2 nitrogen and oxygen atoms in total. The molecule has 1 rings (SSSR count). The normalized spacial score (nSPS) is 12.3. The molecule has 1 unspecified atom stereocenters. The number of hydrogen-bond donors (Lipinski definition) is 0. The van der Waals surface area contributed by atoms with Crippen LogP contribution in [0.2, 0.25) is 10.0 Å². The highest BCUT2D eigenvalue weighted by atomic mass is 79.9. The molecule has 82 valence electrons. The van der Waals surface area contributed by atoms with E-state index in [0.29, 0.717) is 21.4 Å². The van der Waals surface area contributed by atoms with Crippen LogP contribution in [0.3, 0.4) is 0 Å². The monoisotopic (exact) mass is 310 g/mol. The van der Waals surface area contributed by atoms with E-state index in [4.69, 9.17) is 27.9 Å². The molecule has 0 aliphatic carbocycles. The summed E-state index contributed by atoms with van der Waals surface area (Å²) in [6, 6.07) is 3.23. The summed E-state index contributed by atoms with van der Waals surface area (Å²) in [6.07, 6.45) is 0. The van der Waals surface area contributed by atoms with E-state index < -0.39 is 4.83 Å². The number of carbonyl (C=O) groups is 1. The van der Waals surface area contributed by atoms with Crippen LogP contribution in [0.25, 0.3) is 0 Å². The summed E-state index contributed by atoms with van der Waals surface area (Å²) in [5.74, 6) is 0.435. The minimum Gasteiger partial charge on any atom is -0.495 e. The molecule has 0 N–H and O–H groups in total. The van der Waals surface area contributed by atoms with E-state index in [-0.39, 0.29) is 5.78 Å². The number of alkyl halides is 1. The standard InChI is InChI=1S/C10H9BrCl2O2/c1-5(14)9(11)7-3-6(12)4-8(13)10(7)15-2/h3-4,9H,1-2H3. The average molecular weight is 312 g/mol. The molecule has 0 fully saturated rings. The van der Waals surface area contributed by atoms with Gasteiger partial charge in [-0.15, -0.1) is 0 Å². The van der Waals surface area contributed by atoms with Crippen LogP contribution in [-0.4, -0.2) is 12.9 Å². The maximum Gasteiger partial charge on any atom is 0.147 e. The van der Waals surface area contributed by atoms with E-state index in [9.17, 15) is 4.79 Å². The Morgan fingerprint density at radius 2 is 2.07 bits per heavy atom. The Morgan fingerprint density at radius 3 is 2.53 bits per heavy atom. The van der Waals surface area contributed by atoms with Crippen LogP contribution in [0.4, 0.5) is 0 Å². The second kappa shape index (κ2) is 5.19. The molecule has 0 saturated carbocycles. The van der Waals surface area contributed by atoms with Gasteiger partial charge in [0.25, 0.3) is 0 Å². The van der Waals surface area contributed by atoms with Gasteiger partial charge in [-0.1, -0.05) is 39.1 Å². The maximum atomic E-state index is 11.2. The zero-order chi connectivity index (χ0) is 11.6. The van der Waals surface area contributed by atoms with Gasteiger partial charge in [0.05, 0.1) is 12.1 Å². The van der Waals surface area contributed by atoms with Crippen molar-refractivity contribution in [3.8, 4) is 5.75 Å². The molecule has 1 atom stereocenters. The van der Waals surface area contributed by atoms with E-state index in [2.05, 4.69) is 15.9 Å². The van der Waals surface area contributed by atoms with Crippen LogP contribution in [0.1, 0.15) is 17.3 Å². The zero-order valence-electron chi connectivity index (χ0n) is 8.18. The topological polar surface area (TPSA) is 26.3 Å². The highest BCUT2D eigenvalue weighted by molar-refractivity contribution is 9.09. The summed E-state index contributed by atoms with van der Waals surface area (Å²) >= 11 is 15.1. The van der Waals surface area contributed by atoms with Crippen molar-refractivity contribution >= 4 is 44.9 Å². The molecule has 1 aromatic carbocycles. The zero-order valence-corrected chi connectivity index (χ0v) is 11.3. The fourth-order valence-corrected chi connectivity index (χ4v) is 2.13. The fraction of sp³-hybridized carbons (Fsp3) is 0.300. The Kier molecular flexibility index (Phi) is 4.44. The molecule has 0 radical (unpaired) electrons. The second-order valence-electron chi connectivity index (χ2n) is 2.98. The lowest BCUT2D eigenvalue weighted by Crippen LogP contribution is -2.03. The van der Waals surface area contributed by atoms with Crippen LogP contribution in [-0.2, 0) is 4.79 Å². The fourth-order valence-electron chi connectivity index (χ4n) is 1.20. The van der Waals surface area contributed by atoms with Crippen molar-refractivity contribution in [1.82, 2.24) is 0 Å². The van der Waals surface area contributed by atoms with Gasteiger partial charge in [-0.3, -0.25) is 4.79 Å². The van der Waals surface area contributed by atoms with Gasteiger partial charge in [-0.2, -0.15) is 0 Å². The molecule has 1 aromatic rings. The van der Waals surface area contributed by atoms with Crippen LogP contribution in [0.15, 0.2) is 12.1 Å². The number of Topliss-reactive ketones (excluding diaryl/α,β-unsaturated/α-hetero) is 1. The van der Waals surface area contributed by atoms with E-state index in [1.54, 1.807) is 12.1 Å². The van der Waals surface area contributed by atoms with Gasteiger partial charge in [0.1, 0.15) is 16.4 Å². The number of halogens is 3. The molecule has 0 spiro atoms. The van der Waals surface area contributed by atoms with Gasteiger partial charge < -0.3 is 4.74 Å². The molecule has 0 aliphatic rings. The lowest BCUT2D eigenvalue weighted by molar-refractivity contribution is -0.116. The van der Waals surface area contributed by atoms with E-state index in [0.717, 1.165) is 0 Å². The lowest BCUT2D eigenvalue weighted by Gasteiger charge is -2.13. The first-order chi connectivity index (χ1) is 6.97. The average Bonchev–Trinajstić information content (AvgIpc) is 2.15.